The first-order chi connectivity index (χ1) is 12.6. The molecule has 0 bridgehead atoms. The Morgan fingerprint density at radius 1 is 1.15 bits per heavy atom. The van der Waals surface area contributed by atoms with E-state index in [0.29, 0.717) is 23.4 Å². The van der Waals surface area contributed by atoms with Crippen LogP contribution in [0.25, 0.3) is 0 Å². The van der Waals surface area contributed by atoms with Gasteiger partial charge in [-0.1, -0.05) is 12.1 Å². The summed E-state index contributed by atoms with van der Waals surface area (Å²) >= 11 is 0. The Balaban J connectivity index is 1.70. The van der Waals surface area contributed by atoms with E-state index in [1.165, 1.54) is 36.1 Å². The van der Waals surface area contributed by atoms with Gasteiger partial charge in [0.15, 0.2) is 0 Å². The van der Waals surface area contributed by atoms with E-state index < -0.39 is 15.5 Å². The van der Waals surface area contributed by atoms with Crippen molar-refractivity contribution < 1.29 is 31.1 Å². The van der Waals surface area contributed by atoms with Gasteiger partial charge in [-0.05, 0) is 41.5 Å². The topological polar surface area (TPSA) is 75.7 Å². The molecule has 0 aromatic heterocycles. The van der Waals surface area contributed by atoms with Crippen LogP contribution < -0.4 is 9.46 Å². The van der Waals surface area contributed by atoms with Gasteiger partial charge in [0.05, 0.1) is 7.11 Å². The molecular formula is C17H15F3N2O4S. The molecular weight excluding hydrogens is 385 g/mol. The Hall–Kier alpha value is -2.75. The lowest BCUT2D eigenvalue weighted by atomic mass is 10.1. The third-order valence-electron chi connectivity index (χ3n) is 4.08. The minimum Gasteiger partial charge on any atom is -0.497 e. The molecule has 0 atom stereocenters. The molecule has 2 aromatic rings. The van der Waals surface area contributed by atoms with Crippen molar-refractivity contribution in [3.8, 4) is 5.75 Å². The van der Waals surface area contributed by atoms with Crippen molar-refractivity contribution in [2.45, 2.75) is 18.6 Å². The second kappa shape index (κ2) is 6.76. The van der Waals surface area contributed by atoms with Crippen LogP contribution in [0.1, 0.15) is 21.5 Å². The molecule has 144 valence electrons. The van der Waals surface area contributed by atoms with Gasteiger partial charge in [-0.3, -0.25) is 9.52 Å². The van der Waals surface area contributed by atoms with E-state index in [-0.39, 0.29) is 18.1 Å². The molecule has 1 heterocycles. The summed E-state index contributed by atoms with van der Waals surface area (Å²) < 4.78 is 66.0. The molecule has 0 saturated heterocycles. The van der Waals surface area contributed by atoms with E-state index in [0.717, 1.165) is 5.56 Å². The van der Waals surface area contributed by atoms with Gasteiger partial charge < -0.3 is 9.64 Å². The molecule has 0 fully saturated rings. The molecule has 0 radical (unpaired) electrons. The number of hydrogen-bond acceptors (Lipinski definition) is 4. The zero-order valence-corrected chi connectivity index (χ0v) is 14.9. The van der Waals surface area contributed by atoms with Crippen molar-refractivity contribution in [1.29, 1.82) is 0 Å². The van der Waals surface area contributed by atoms with E-state index in [2.05, 4.69) is 0 Å². The summed E-state index contributed by atoms with van der Waals surface area (Å²) in [7, 11) is -3.93. The highest BCUT2D eigenvalue weighted by molar-refractivity contribution is 7.93. The third kappa shape index (κ3) is 3.85. The Labute approximate surface area is 153 Å². The minimum absolute atomic E-state index is 0.158. The van der Waals surface area contributed by atoms with Gasteiger partial charge in [0.2, 0.25) is 0 Å². The van der Waals surface area contributed by atoms with E-state index in [1.807, 2.05) is 0 Å². The normalized spacial score (nSPS) is 14.2. The minimum atomic E-state index is -5.46. The molecule has 1 N–H and O–H groups in total. The number of amides is 1. The molecule has 1 amide bonds. The molecule has 0 unspecified atom stereocenters. The van der Waals surface area contributed by atoms with Gasteiger partial charge >= 0.3 is 15.5 Å². The van der Waals surface area contributed by atoms with Crippen LogP contribution in [0.5, 0.6) is 5.75 Å². The number of carbonyl (C=O) groups is 1. The van der Waals surface area contributed by atoms with E-state index in [4.69, 9.17) is 4.74 Å². The van der Waals surface area contributed by atoms with Crippen molar-refractivity contribution >= 4 is 21.6 Å². The molecule has 0 spiro atoms. The zero-order chi connectivity index (χ0) is 19.8. The number of rotatable bonds is 5. The first-order valence-corrected chi connectivity index (χ1v) is 9.23. The van der Waals surface area contributed by atoms with Crippen LogP contribution in [0.15, 0.2) is 42.5 Å². The monoisotopic (exact) mass is 400 g/mol. The summed E-state index contributed by atoms with van der Waals surface area (Å²) in [4.78, 5) is 14.0. The number of hydrogen-bond donors (Lipinski definition) is 1. The van der Waals surface area contributed by atoms with Crippen molar-refractivity contribution in [2.75, 3.05) is 11.8 Å². The Morgan fingerprint density at radius 2 is 1.81 bits per heavy atom. The first kappa shape index (κ1) is 19.0. The average Bonchev–Trinajstić information content (AvgIpc) is 2.90. The van der Waals surface area contributed by atoms with Gasteiger partial charge in [-0.25, -0.2) is 0 Å². The van der Waals surface area contributed by atoms with Crippen LogP contribution in [-0.2, 0) is 23.1 Å². The predicted octanol–water partition coefficient (Wildman–Crippen LogP) is 3.11. The summed E-state index contributed by atoms with van der Waals surface area (Å²) in [5, 5.41) is 0. The standard InChI is InChI=1S/C17H15F3N2O4S/c1-26-14-6-7-15-12(8-14)10-22(16(15)23)9-11-2-4-13(5-3-11)21-27(24,25)17(18,19)20/h2-8,21H,9-10H2,1H3. The number of benzene rings is 2. The molecule has 3 rings (SSSR count). The van der Waals surface area contributed by atoms with Gasteiger partial charge in [-0.15, -0.1) is 0 Å². The number of ether oxygens (including phenoxy) is 1. The fourth-order valence-electron chi connectivity index (χ4n) is 2.72. The molecule has 1 aliphatic rings. The van der Waals surface area contributed by atoms with Crippen LogP contribution in [0.2, 0.25) is 0 Å². The number of alkyl halides is 3. The Kier molecular flexibility index (Phi) is 4.77. The molecule has 27 heavy (non-hydrogen) atoms. The van der Waals surface area contributed by atoms with Crippen LogP contribution in [0.4, 0.5) is 18.9 Å². The molecule has 6 nitrogen and oxygen atoms in total. The van der Waals surface area contributed by atoms with Crippen molar-refractivity contribution in [3.05, 3.63) is 59.2 Å². The zero-order valence-electron chi connectivity index (χ0n) is 14.1. The Morgan fingerprint density at radius 3 is 2.41 bits per heavy atom. The van der Waals surface area contributed by atoms with Gasteiger partial charge in [0.1, 0.15) is 5.75 Å². The van der Waals surface area contributed by atoms with Crippen LogP contribution in [0, 0.1) is 0 Å². The lowest BCUT2D eigenvalue weighted by Gasteiger charge is -2.16. The number of sulfonamides is 1. The van der Waals surface area contributed by atoms with E-state index in [9.17, 15) is 26.4 Å². The number of nitrogens with one attached hydrogen (secondary N) is 1. The van der Waals surface area contributed by atoms with Crippen LogP contribution >= 0.6 is 0 Å². The molecule has 1 aliphatic heterocycles. The lowest BCUT2D eigenvalue weighted by Crippen LogP contribution is -2.29. The SMILES string of the molecule is COc1ccc2c(c1)CN(Cc1ccc(NS(=O)(=O)C(F)(F)F)cc1)C2=O. The van der Waals surface area contributed by atoms with Gasteiger partial charge in [0, 0.05) is 24.3 Å². The molecule has 0 aliphatic carbocycles. The molecule has 10 heteroatoms. The van der Waals surface area contributed by atoms with E-state index in [1.54, 1.807) is 23.1 Å². The Bertz CT molecular complexity index is 973. The summed E-state index contributed by atoms with van der Waals surface area (Å²) in [6, 6.07) is 10.5. The van der Waals surface area contributed by atoms with Crippen LogP contribution in [-0.4, -0.2) is 31.8 Å². The fraction of sp³-hybridized carbons (Fsp3) is 0.235. The molecule has 2 aromatic carbocycles. The summed E-state index contributed by atoms with van der Waals surface area (Å²) in [6.45, 7) is 0.621. The maximum Gasteiger partial charge on any atom is 0.516 e. The highest BCUT2D eigenvalue weighted by Crippen LogP contribution is 2.29. The second-order valence-corrected chi connectivity index (χ2v) is 7.61. The number of nitrogens with zero attached hydrogens (tertiary/aromatic N) is 1. The van der Waals surface area contributed by atoms with Gasteiger partial charge in [0.25, 0.3) is 5.91 Å². The summed E-state index contributed by atoms with van der Waals surface area (Å²) in [5.74, 6) is 0.485. The van der Waals surface area contributed by atoms with Crippen molar-refractivity contribution in [1.82, 2.24) is 4.90 Å². The highest BCUT2D eigenvalue weighted by Gasteiger charge is 2.46. The van der Waals surface area contributed by atoms with Crippen molar-refractivity contribution in [2.24, 2.45) is 0 Å². The van der Waals surface area contributed by atoms with Gasteiger partial charge in [-0.2, -0.15) is 21.6 Å². The second-order valence-electron chi connectivity index (χ2n) is 5.93. The predicted molar refractivity (Wildman–Crippen MR) is 91.6 cm³/mol. The maximum absolute atomic E-state index is 12.4. The number of methoxy groups -OCH3 is 1. The smallest absolute Gasteiger partial charge is 0.497 e. The third-order valence-corrected chi connectivity index (χ3v) is 5.19. The highest BCUT2D eigenvalue weighted by atomic mass is 32.2. The lowest BCUT2D eigenvalue weighted by molar-refractivity contribution is -0.0429. The first-order valence-electron chi connectivity index (χ1n) is 7.75. The summed E-state index contributed by atoms with van der Waals surface area (Å²) in [6.07, 6.45) is 0. The summed E-state index contributed by atoms with van der Waals surface area (Å²) in [5.41, 5.74) is -3.55. The number of carbonyl (C=O) groups excluding carboxylic acids is 1. The average molecular weight is 400 g/mol. The van der Waals surface area contributed by atoms with Crippen molar-refractivity contribution in [3.63, 3.8) is 0 Å². The maximum atomic E-state index is 12.4. The number of anilines is 1. The number of halogens is 3. The van der Waals surface area contributed by atoms with E-state index >= 15 is 0 Å². The quantitative estimate of drug-likeness (QED) is 0.837. The largest absolute Gasteiger partial charge is 0.516 e. The van der Waals surface area contributed by atoms with Crippen LogP contribution in [0.3, 0.4) is 0 Å². The molecule has 0 saturated carbocycles. The fourth-order valence-corrected chi connectivity index (χ4v) is 3.29. The number of fused-ring (bicyclic) bond motifs is 1.